The van der Waals surface area contributed by atoms with Crippen molar-refractivity contribution in [1.29, 1.82) is 0 Å². The maximum atomic E-state index is 5.82. The van der Waals surface area contributed by atoms with Crippen molar-refractivity contribution in [3.05, 3.63) is 11.9 Å². The van der Waals surface area contributed by atoms with E-state index in [1.165, 1.54) is 6.42 Å². The lowest BCUT2D eigenvalue weighted by Gasteiger charge is -2.29. The van der Waals surface area contributed by atoms with E-state index in [-0.39, 0.29) is 0 Å². The van der Waals surface area contributed by atoms with Crippen LogP contribution in [0.25, 0.3) is 0 Å². The number of rotatable bonds is 3. The zero-order chi connectivity index (χ0) is 10.7. The van der Waals surface area contributed by atoms with Crippen molar-refractivity contribution in [2.75, 3.05) is 13.1 Å². The van der Waals surface area contributed by atoms with Gasteiger partial charge in [0, 0.05) is 13.6 Å². The molecule has 0 amide bonds. The number of hydrogen-bond acceptors (Lipinski definition) is 4. The fourth-order valence-corrected chi connectivity index (χ4v) is 1.84. The Morgan fingerprint density at radius 2 is 2.53 bits per heavy atom. The summed E-state index contributed by atoms with van der Waals surface area (Å²) in [6, 6.07) is 0. The van der Waals surface area contributed by atoms with Gasteiger partial charge in [-0.2, -0.15) is 0 Å². The zero-order valence-corrected chi connectivity index (χ0v) is 9.31. The van der Waals surface area contributed by atoms with Gasteiger partial charge in [-0.15, -0.1) is 5.10 Å². The minimum Gasteiger partial charge on any atom is -0.370 e. The quantitative estimate of drug-likeness (QED) is 0.781. The molecule has 1 aromatic heterocycles. The highest BCUT2D eigenvalue weighted by Gasteiger charge is 2.21. The lowest BCUT2D eigenvalue weighted by atomic mass is 9.97. The molecule has 1 fully saturated rings. The monoisotopic (exact) mass is 210 g/mol. The molecule has 0 aromatic carbocycles. The highest BCUT2D eigenvalue weighted by atomic mass is 16.5. The fraction of sp³-hybridized carbons (Fsp3) is 0.800. The molecule has 0 bridgehead atoms. The summed E-state index contributed by atoms with van der Waals surface area (Å²) in [6.45, 7) is 4.85. The number of piperidine rings is 1. The van der Waals surface area contributed by atoms with Crippen LogP contribution in [0.3, 0.4) is 0 Å². The molecular formula is C10H18N4O. The molecule has 5 heteroatoms. The smallest absolute Gasteiger partial charge is 0.108 e. The molecule has 1 aliphatic heterocycles. The maximum absolute atomic E-state index is 5.82. The van der Waals surface area contributed by atoms with Crippen LogP contribution in [0, 0.1) is 5.92 Å². The third-order valence-electron chi connectivity index (χ3n) is 2.85. The molecule has 2 rings (SSSR count). The molecule has 1 aromatic rings. The first-order valence-electron chi connectivity index (χ1n) is 5.43. The average molecular weight is 210 g/mol. The summed E-state index contributed by atoms with van der Waals surface area (Å²) in [6.07, 6.45) is 3.38. The van der Waals surface area contributed by atoms with E-state index in [1.807, 2.05) is 13.2 Å². The normalized spacial score (nSPS) is 26.8. The summed E-state index contributed by atoms with van der Waals surface area (Å²) in [4.78, 5) is 0. The summed E-state index contributed by atoms with van der Waals surface area (Å²) in [5.74, 6) is 0.628. The molecule has 2 atom stereocenters. The standard InChI is InChI=1S/C10H18N4O/c1-8-3-4-11-5-10(8)15-7-9-6-14(2)13-12-9/h6,8,10-11H,3-5,7H2,1-2H3. The lowest BCUT2D eigenvalue weighted by molar-refractivity contribution is -0.00799. The molecule has 1 aliphatic rings. The van der Waals surface area contributed by atoms with Crippen LogP contribution in [0.5, 0.6) is 0 Å². The molecular weight excluding hydrogens is 192 g/mol. The Morgan fingerprint density at radius 3 is 3.20 bits per heavy atom. The van der Waals surface area contributed by atoms with Gasteiger partial charge in [-0.05, 0) is 18.9 Å². The van der Waals surface area contributed by atoms with Crippen LogP contribution < -0.4 is 5.32 Å². The molecule has 84 valence electrons. The summed E-state index contributed by atoms with van der Waals surface area (Å²) < 4.78 is 7.51. The Labute approximate surface area is 89.8 Å². The highest BCUT2D eigenvalue weighted by molar-refractivity contribution is 4.89. The van der Waals surface area contributed by atoms with Crippen LogP contribution in [0.15, 0.2) is 6.20 Å². The van der Waals surface area contributed by atoms with E-state index in [9.17, 15) is 0 Å². The first-order valence-corrected chi connectivity index (χ1v) is 5.43. The number of ether oxygens (including phenoxy) is 1. The number of aryl methyl sites for hydroxylation is 1. The SMILES string of the molecule is CC1CCNCC1OCc1cn(C)nn1. The van der Waals surface area contributed by atoms with Gasteiger partial charge < -0.3 is 10.1 Å². The maximum Gasteiger partial charge on any atom is 0.108 e. The van der Waals surface area contributed by atoms with E-state index in [4.69, 9.17) is 4.74 Å². The van der Waals surface area contributed by atoms with E-state index >= 15 is 0 Å². The molecule has 5 nitrogen and oxygen atoms in total. The van der Waals surface area contributed by atoms with Crippen LogP contribution in [0.4, 0.5) is 0 Å². The van der Waals surface area contributed by atoms with Gasteiger partial charge in [-0.25, -0.2) is 0 Å². The third-order valence-corrected chi connectivity index (χ3v) is 2.85. The summed E-state index contributed by atoms with van der Waals surface area (Å²) in [7, 11) is 1.86. The van der Waals surface area contributed by atoms with E-state index in [1.54, 1.807) is 4.68 Å². The van der Waals surface area contributed by atoms with Crippen molar-refractivity contribution in [3.63, 3.8) is 0 Å². The average Bonchev–Trinajstić information content (AvgIpc) is 2.63. The van der Waals surface area contributed by atoms with E-state index in [2.05, 4.69) is 22.6 Å². The van der Waals surface area contributed by atoms with Crippen molar-refractivity contribution in [1.82, 2.24) is 20.3 Å². The second-order valence-electron chi connectivity index (χ2n) is 4.20. The second kappa shape index (κ2) is 4.72. The van der Waals surface area contributed by atoms with Crippen LogP contribution in [0.1, 0.15) is 19.0 Å². The van der Waals surface area contributed by atoms with Gasteiger partial charge in [-0.1, -0.05) is 12.1 Å². The van der Waals surface area contributed by atoms with Crippen molar-refractivity contribution in [2.45, 2.75) is 26.1 Å². The van der Waals surface area contributed by atoms with E-state index < -0.39 is 0 Å². The Hall–Kier alpha value is -0.940. The number of nitrogens with zero attached hydrogens (tertiary/aromatic N) is 3. The summed E-state index contributed by atoms with van der Waals surface area (Å²) >= 11 is 0. The predicted octanol–water partition coefficient (Wildman–Crippen LogP) is 0.330. The number of aromatic nitrogens is 3. The van der Waals surface area contributed by atoms with Gasteiger partial charge in [0.05, 0.1) is 18.9 Å². The fourth-order valence-electron chi connectivity index (χ4n) is 1.84. The molecule has 15 heavy (non-hydrogen) atoms. The Bertz CT molecular complexity index is 312. The van der Waals surface area contributed by atoms with E-state index in [0.29, 0.717) is 18.6 Å². The van der Waals surface area contributed by atoms with Crippen molar-refractivity contribution in [3.8, 4) is 0 Å². The third kappa shape index (κ3) is 2.76. The zero-order valence-electron chi connectivity index (χ0n) is 9.31. The van der Waals surface area contributed by atoms with Gasteiger partial charge in [-0.3, -0.25) is 4.68 Å². The first kappa shape index (κ1) is 10.6. The molecule has 1 saturated heterocycles. The van der Waals surface area contributed by atoms with Crippen LogP contribution in [-0.4, -0.2) is 34.2 Å². The van der Waals surface area contributed by atoms with Crippen LogP contribution in [-0.2, 0) is 18.4 Å². The van der Waals surface area contributed by atoms with Gasteiger partial charge in [0.2, 0.25) is 0 Å². The van der Waals surface area contributed by atoms with Gasteiger partial charge in [0.1, 0.15) is 5.69 Å². The largest absolute Gasteiger partial charge is 0.370 e. The van der Waals surface area contributed by atoms with Crippen LogP contribution >= 0.6 is 0 Å². The molecule has 2 unspecified atom stereocenters. The van der Waals surface area contributed by atoms with Crippen molar-refractivity contribution >= 4 is 0 Å². The van der Waals surface area contributed by atoms with Crippen molar-refractivity contribution in [2.24, 2.45) is 13.0 Å². The highest BCUT2D eigenvalue weighted by Crippen LogP contribution is 2.15. The van der Waals surface area contributed by atoms with Crippen molar-refractivity contribution < 1.29 is 4.74 Å². The van der Waals surface area contributed by atoms with Gasteiger partial charge >= 0.3 is 0 Å². The summed E-state index contributed by atoms with van der Waals surface area (Å²) in [5.41, 5.74) is 0.898. The predicted molar refractivity (Wildman–Crippen MR) is 56.2 cm³/mol. The summed E-state index contributed by atoms with van der Waals surface area (Å²) in [5, 5.41) is 11.2. The van der Waals surface area contributed by atoms with Gasteiger partial charge in [0.15, 0.2) is 0 Å². The van der Waals surface area contributed by atoms with E-state index in [0.717, 1.165) is 18.8 Å². The lowest BCUT2D eigenvalue weighted by Crippen LogP contribution is -2.40. The number of nitrogens with one attached hydrogen (secondary N) is 1. The Kier molecular flexibility index (Phi) is 3.33. The molecule has 0 saturated carbocycles. The molecule has 0 aliphatic carbocycles. The minimum absolute atomic E-state index is 0.306. The molecule has 2 heterocycles. The van der Waals surface area contributed by atoms with Crippen LogP contribution in [0.2, 0.25) is 0 Å². The molecule has 1 N–H and O–H groups in total. The van der Waals surface area contributed by atoms with Gasteiger partial charge in [0.25, 0.3) is 0 Å². The molecule has 0 radical (unpaired) electrons. The topological polar surface area (TPSA) is 52.0 Å². The Balaban J connectivity index is 1.81. The molecule has 0 spiro atoms. The first-order chi connectivity index (χ1) is 7.25. The minimum atomic E-state index is 0.306. The Morgan fingerprint density at radius 1 is 1.67 bits per heavy atom. The second-order valence-corrected chi connectivity index (χ2v) is 4.20. The number of hydrogen-bond donors (Lipinski definition) is 1.